The van der Waals surface area contributed by atoms with E-state index < -0.39 is 35.2 Å². The normalized spacial score (nSPS) is 32.5. The summed E-state index contributed by atoms with van der Waals surface area (Å²) in [4.78, 5) is 39.2. The Balaban J connectivity index is 2.01. The average molecular weight is 286 g/mol. The lowest BCUT2D eigenvalue weighted by atomic mass is 10.1. The van der Waals surface area contributed by atoms with Crippen molar-refractivity contribution in [3.63, 3.8) is 0 Å². The number of carbonyl (C=O) groups is 3. The zero-order chi connectivity index (χ0) is 15.1. The Morgan fingerprint density at radius 3 is 2.60 bits per heavy atom. The Kier molecular flexibility index (Phi) is 3.37. The number of alkyl carbamates (subject to hydrolysis) is 1. The fourth-order valence-corrected chi connectivity index (χ4v) is 2.30. The first-order valence-corrected chi connectivity index (χ1v) is 6.33. The molecule has 0 aromatic heterocycles. The van der Waals surface area contributed by atoms with Gasteiger partial charge < -0.3 is 15.2 Å². The number of nitrogens with one attached hydrogen (secondary N) is 2. The summed E-state index contributed by atoms with van der Waals surface area (Å²) in [7, 11) is 0. The van der Waals surface area contributed by atoms with Gasteiger partial charge in [-0.05, 0) is 27.2 Å². The molecule has 0 unspecified atom stereocenters. The van der Waals surface area contributed by atoms with E-state index in [0.717, 1.165) is 0 Å². The van der Waals surface area contributed by atoms with Gasteiger partial charge in [0.15, 0.2) is 0 Å². The van der Waals surface area contributed by atoms with Gasteiger partial charge in [-0.3, -0.25) is 9.63 Å². The Hall–Kier alpha value is -1.83. The number of ether oxygens (including phenoxy) is 1. The Morgan fingerprint density at radius 1 is 1.50 bits per heavy atom. The molecule has 112 valence electrons. The van der Waals surface area contributed by atoms with E-state index in [4.69, 9.17) is 9.57 Å². The van der Waals surface area contributed by atoms with Crippen LogP contribution < -0.4 is 10.8 Å². The highest BCUT2D eigenvalue weighted by molar-refractivity contribution is 5.89. The molecule has 1 aliphatic carbocycles. The van der Waals surface area contributed by atoms with E-state index in [-0.39, 0.29) is 18.7 Å². The predicted molar refractivity (Wildman–Crippen MR) is 65.5 cm³/mol. The van der Waals surface area contributed by atoms with Crippen molar-refractivity contribution in [1.82, 2.24) is 10.8 Å². The number of hydroxylamine groups is 1. The highest BCUT2D eigenvalue weighted by Gasteiger charge is 2.66. The van der Waals surface area contributed by atoms with Crippen molar-refractivity contribution in [3.05, 3.63) is 0 Å². The molecule has 2 amide bonds. The third kappa shape index (κ3) is 2.84. The van der Waals surface area contributed by atoms with Crippen molar-refractivity contribution in [2.45, 2.75) is 50.9 Å². The van der Waals surface area contributed by atoms with E-state index in [0.29, 0.717) is 0 Å². The summed E-state index contributed by atoms with van der Waals surface area (Å²) < 4.78 is 5.06. The Bertz CT molecular complexity index is 457. The molecule has 1 heterocycles. The second-order valence-electron chi connectivity index (χ2n) is 6.10. The second-order valence-corrected chi connectivity index (χ2v) is 6.10. The minimum absolute atomic E-state index is 0.0930. The van der Waals surface area contributed by atoms with Gasteiger partial charge in [-0.1, -0.05) is 0 Å². The summed E-state index contributed by atoms with van der Waals surface area (Å²) in [5.41, 5.74) is 0.0533. The van der Waals surface area contributed by atoms with Crippen molar-refractivity contribution in [2.24, 2.45) is 5.92 Å². The number of carboxylic acid groups (broad SMARTS) is 1. The molecule has 0 aromatic rings. The summed E-state index contributed by atoms with van der Waals surface area (Å²) >= 11 is 0. The third-order valence-corrected chi connectivity index (χ3v) is 3.28. The maximum Gasteiger partial charge on any atom is 0.408 e. The van der Waals surface area contributed by atoms with Gasteiger partial charge in [0, 0.05) is 5.92 Å². The smallest absolute Gasteiger partial charge is 0.408 e. The molecular weight excluding hydrogens is 268 g/mol. The molecule has 8 nitrogen and oxygen atoms in total. The molecule has 0 spiro atoms. The van der Waals surface area contributed by atoms with E-state index in [1.54, 1.807) is 20.8 Å². The Labute approximate surface area is 115 Å². The highest BCUT2D eigenvalue weighted by Crippen LogP contribution is 2.48. The molecule has 2 rings (SSSR count). The van der Waals surface area contributed by atoms with Crippen LogP contribution in [0.2, 0.25) is 0 Å². The van der Waals surface area contributed by atoms with Crippen LogP contribution in [-0.2, 0) is 19.2 Å². The first-order chi connectivity index (χ1) is 9.14. The summed E-state index contributed by atoms with van der Waals surface area (Å²) in [6.45, 7) is 5.06. The van der Waals surface area contributed by atoms with Crippen LogP contribution in [0.25, 0.3) is 0 Å². The van der Waals surface area contributed by atoms with Crippen LogP contribution in [-0.4, -0.2) is 40.3 Å². The van der Waals surface area contributed by atoms with Gasteiger partial charge in [-0.15, -0.1) is 0 Å². The minimum Gasteiger partial charge on any atom is -0.479 e. The van der Waals surface area contributed by atoms with Crippen LogP contribution in [0.1, 0.15) is 33.6 Å². The van der Waals surface area contributed by atoms with Gasteiger partial charge in [-0.2, -0.15) is 0 Å². The van der Waals surface area contributed by atoms with E-state index in [2.05, 4.69) is 10.8 Å². The zero-order valence-corrected chi connectivity index (χ0v) is 11.6. The van der Waals surface area contributed by atoms with Crippen molar-refractivity contribution in [2.75, 3.05) is 0 Å². The quantitative estimate of drug-likeness (QED) is 0.681. The van der Waals surface area contributed by atoms with Crippen LogP contribution in [0.15, 0.2) is 0 Å². The Morgan fingerprint density at radius 2 is 2.15 bits per heavy atom. The number of carboxylic acids is 1. The number of rotatable bonds is 3. The maximum atomic E-state index is 11.7. The van der Waals surface area contributed by atoms with Crippen LogP contribution in [0, 0.1) is 5.92 Å². The summed E-state index contributed by atoms with van der Waals surface area (Å²) in [6.07, 6.45) is -1.04. The number of hydrogen-bond donors (Lipinski definition) is 3. The van der Waals surface area contributed by atoms with Crippen LogP contribution in [0.3, 0.4) is 0 Å². The topological polar surface area (TPSA) is 114 Å². The lowest BCUT2D eigenvalue weighted by molar-refractivity contribution is -0.142. The largest absolute Gasteiger partial charge is 0.479 e. The van der Waals surface area contributed by atoms with E-state index in [9.17, 15) is 19.5 Å². The molecular formula is C12H18N2O6. The first kappa shape index (κ1) is 14.6. The highest BCUT2D eigenvalue weighted by atomic mass is 16.7. The van der Waals surface area contributed by atoms with Gasteiger partial charge in [0.25, 0.3) is 0 Å². The van der Waals surface area contributed by atoms with Gasteiger partial charge in [0.05, 0.1) is 6.42 Å². The molecule has 1 saturated heterocycles. The zero-order valence-electron chi connectivity index (χ0n) is 11.6. The summed E-state index contributed by atoms with van der Waals surface area (Å²) in [5.74, 6) is -1.90. The molecule has 8 heteroatoms. The standard InChI is InChI=1S/C12H18N2O6/c1-11(2,3)19-10(18)13-12(9(16)17)5-6(12)7-4-8(15)14-20-7/h6-7H,4-5H2,1-3H3,(H,13,18)(H,14,15)(H,16,17)/t6-,7+,12+/m0/s1. The fraction of sp³-hybridized carbons (Fsp3) is 0.750. The van der Waals surface area contributed by atoms with E-state index >= 15 is 0 Å². The molecule has 0 radical (unpaired) electrons. The van der Waals surface area contributed by atoms with Crippen LogP contribution in [0.4, 0.5) is 4.79 Å². The maximum absolute atomic E-state index is 11.7. The van der Waals surface area contributed by atoms with Crippen LogP contribution >= 0.6 is 0 Å². The minimum atomic E-state index is -1.42. The predicted octanol–water partition coefficient (Wildman–Crippen LogP) is 0.175. The molecule has 3 atom stereocenters. The molecule has 1 aliphatic heterocycles. The van der Waals surface area contributed by atoms with E-state index in [1.165, 1.54) is 0 Å². The van der Waals surface area contributed by atoms with E-state index in [1.807, 2.05) is 0 Å². The lowest BCUT2D eigenvalue weighted by Crippen LogP contribution is -2.48. The van der Waals surface area contributed by atoms with Gasteiger partial charge in [-0.25, -0.2) is 15.1 Å². The molecule has 2 aliphatic rings. The van der Waals surface area contributed by atoms with Crippen LogP contribution in [0.5, 0.6) is 0 Å². The van der Waals surface area contributed by atoms with Crippen molar-refractivity contribution in [1.29, 1.82) is 0 Å². The number of carbonyl (C=O) groups excluding carboxylic acids is 2. The molecule has 0 aromatic carbocycles. The second kappa shape index (κ2) is 4.62. The van der Waals surface area contributed by atoms with Crippen molar-refractivity contribution in [3.8, 4) is 0 Å². The monoisotopic (exact) mass is 286 g/mol. The van der Waals surface area contributed by atoms with Crippen molar-refractivity contribution < 1.29 is 29.1 Å². The molecule has 0 bridgehead atoms. The molecule has 2 fully saturated rings. The first-order valence-electron chi connectivity index (χ1n) is 6.33. The van der Waals surface area contributed by atoms with Gasteiger partial charge in [0.1, 0.15) is 17.2 Å². The number of amides is 2. The molecule has 20 heavy (non-hydrogen) atoms. The average Bonchev–Trinajstić information content (AvgIpc) is 2.82. The summed E-state index contributed by atoms with van der Waals surface area (Å²) in [5, 5.41) is 11.7. The number of hydrogen-bond acceptors (Lipinski definition) is 5. The number of aliphatic carboxylic acids is 1. The third-order valence-electron chi connectivity index (χ3n) is 3.28. The molecule has 1 saturated carbocycles. The van der Waals surface area contributed by atoms with Crippen molar-refractivity contribution >= 4 is 18.0 Å². The SMILES string of the molecule is CC(C)(C)OC(=O)N[C@]1(C(=O)O)C[C@H]1[C@H]1CC(=O)NO1. The lowest BCUT2D eigenvalue weighted by Gasteiger charge is -2.22. The molecule has 3 N–H and O–H groups in total. The van der Waals surface area contributed by atoms with Gasteiger partial charge >= 0.3 is 12.1 Å². The summed E-state index contributed by atoms with van der Waals surface area (Å²) in [6, 6.07) is 0. The fourth-order valence-electron chi connectivity index (χ4n) is 2.30. The van der Waals surface area contributed by atoms with Gasteiger partial charge in [0.2, 0.25) is 5.91 Å².